The highest BCUT2D eigenvalue weighted by molar-refractivity contribution is 6.20. The van der Waals surface area contributed by atoms with Crippen molar-refractivity contribution in [3.05, 3.63) is 423 Å². The number of aromatic amines is 1. The molecule has 4 aliphatic rings. The highest BCUT2D eigenvalue weighted by Gasteiger charge is 2.51. The van der Waals surface area contributed by atoms with E-state index in [1.807, 2.05) is 120 Å². The van der Waals surface area contributed by atoms with Crippen molar-refractivity contribution in [3.8, 4) is 0 Å². The molecule has 0 radical (unpaired) electrons. The molecule has 17 heteroatoms. The number of anilines is 1. The third kappa shape index (κ3) is 24.3. The van der Waals surface area contributed by atoms with Crippen molar-refractivity contribution in [2.24, 2.45) is 0 Å². The molecule has 2 unspecified atom stereocenters. The smallest absolute Gasteiger partial charge is 0.163 e. The van der Waals surface area contributed by atoms with Crippen LogP contribution >= 0.6 is 11.6 Å². The number of nitrogens with zero attached hydrogens (tertiary/aromatic N) is 2. The maximum atomic E-state index is 10.6. The Morgan fingerprint density at radius 3 is 1.19 bits per heavy atom. The van der Waals surface area contributed by atoms with Crippen molar-refractivity contribution in [3.63, 3.8) is 0 Å². The predicted octanol–water partition coefficient (Wildman–Crippen LogP) is 21.5. The minimum atomic E-state index is -1.38. The normalized spacial score (nSPS) is 22.9. The van der Waals surface area contributed by atoms with Crippen molar-refractivity contribution in [1.29, 1.82) is 0 Å². The average molecular weight is 1770 g/mol. The molecule has 0 spiro atoms. The first-order valence-electron chi connectivity index (χ1n) is 46.2. The van der Waals surface area contributed by atoms with Gasteiger partial charge in [0.05, 0.1) is 64.0 Å². The lowest BCUT2D eigenvalue weighted by molar-refractivity contribution is -0.282. The SMILES string of the molecule is CC[C@H]1O[C@H](Cl)[C@H](OCc2ccccc2)[C@@H](OCc2ccccc2)[C@@H]1OCc1ccccc1.CCc1ccc(CC2CN([C@@H]3O[C@H](CO)[C@@H](O)[C@H](O)[C@H]3O)c3ccccc32)cc1.CCc1ccc(Cc2c[nH]c3ccccc23)cc1.CCc1ccc(Cc2cn(C3O[C@H](CC)[C@@H](OCc4ccccc4)[C@H](OCc4ccccc4)[C@H]3OCc3ccccc3)c3ccccc23)cc1. The number of aliphatic hydroxyl groups is 4. The van der Waals surface area contributed by atoms with E-state index in [9.17, 15) is 20.4 Å². The molecule has 16 nitrogen and oxygen atoms in total. The summed E-state index contributed by atoms with van der Waals surface area (Å²) in [6, 6.07) is 113. The van der Waals surface area contributed by atoms with Gasteiger partial charge in [-0.2, -0.15) is 0 Å². The summed E-state index contributed by atoms with van der Waals surface area (Å²) >= 11 is 6.70. The molecule has 3 saturated heterocycles. The van der Waals surface area contributed by atoms with Crippen molar-refractivity contribution < 1.29 is 63.1 Å². The summed E-state index contributed by atoms with van der Waals surface area (Å²) < 4.78 is 61.3. The van der Waals surface area contributed by atoms with Gasteiger partial charge < -0.3 is 77.5 Å². The van der Waals surface area contributed by atoms with E-state index in [0.717, 1.165) is 96.0 Å². The van der Waals surface area contributed by atoms with Crippen LogP contribution < -0.4 is 4.90 Å². The van der Waals surface area contributed by atoms with Gasteiger partial charge in [0.15, 0.2) is 18.0 Å². The molecule has 16 atom stereocenters. The maximum absolute atomic E-state index is 10.6. The molecule has 14 aromatic rings. The van der Waals surface area contributed by atoms with Gasteiger partial charge in [-0.25, -0.2) is 0 Å². The number of para-hydroxylation sites is 3. The van der Waals surface area contributed by atoms with E-state index in [-0.39, 0.29) is 36.4 Å². The van der Waals surface area contributed by atoms with Crippen molar-refractivity contribution in [2.75, 3.05) is 18.1 Å². The Hall–Kier alpha value is -10.7. The summed E-state index contributed by atoms with van der Waals surface area (Å²) in [5.74, 6) is 0.214. The first kappa shape index (κ1) is 94.0. The molecule has 12 aromatic carbocycles. The molecule has 0 saturated carbocycles. The van der Waals surface area contributed by atoms with Crippen LogP contribution in [0.5, 0.6) is 0 Å². The summed E-state index contributed by atoms with van der Waals surface area (Å²) in [7, 11) is 0. The Labute approximate surface area is 771 Å². The topological polar surface area (TPSA) is 188 Å². The maximum Gasteiger partial charge on any atom is 0.163 e. The first-order valence-corrected chi connectivity index (χ1v) is 46.7. The fourth-order valence-corrected chi connectivity index (χ4v) is 18.3. The van der Waals surface area contributed by atoms with E-state index in [1.165, 1.54) is 66.4 Å². The number of benzene rings is 12. The average Bonchev–Trinajstić information content (AvgIpc) is 1.42. The molecule has 18 rings (SSSR count). The van der Waals surface area contributed by atoms with Crippen LogP contribution in [0, 0.1) is 0 Å². The molecule has 4 aliphatic heterocycles. The highest BCUT2D eigenvalue weighted by atomic mass is 35.5. The van der Waals surface area contributed by atoms with Crippen LogP contribution in [0.2, 0.25) is 0 Å². The standard InChI is InChI=1S/C45H47NO4.C28H31ClO4.C23H29NO5.C17H17N/c1-3-33-24-26-34(27-25-33)28-38-29-46(40-23-15-14-22-39(38)40)45-44(49-32-37-20-12-7-13-21-37)43(48-31-36-18-10-6-11-19-36)42(41(4-2)50-45)47-30-35-16-8-5-9-17-35;1-2-24-25(30-18-21-12-6-3-7-13-21)26(31-19-22-14-8-4-9-15-22)27(28(29)33-24)32-20-23-16-10-5-11-17-23;1-2-14-7-9-15(10-8-14)11-16-12-24(18-6-4-3-5-17(16)18)23-22(28)21(27)20(26)19(13-25)29-23;1-2-13-7-9-14(10-8-13)11-15-12-18-17-6-4-3-5-16(15)17/h5-27,29,41-45H,3-4,28,30-32H2,1-2H3;3-17,24-28H,2,18-20H2,1H3;3-10,16,19-23,25-28H,2,11-13H2,1H3;3-10,12,18H,2,11H2,1H3/t41-,42-,43+,44-,45?;24-,25-,26+,27-,28+;16?,19-,20-,21+,22-,23-;/m111./s1. The number of fused-ring (bicyclic) bond motifs is 3. The molecular formula is C113H124ClN3O13. The van der Waals surface area contributed by atoms with Crippen LogP contribution in [0.3, 0.4) is 0 Å². The van der Waals surface area contributed by atoms with E-state index in [0.29, 0.717) is 46.2 Å². The Balaban J connectivity index is 0.000000141. The van der Waals surface area contributed by atoms with Gasteiger partial charge in [0.1, 0.15) is 61.0 Å². The Morgan fingerprint density at radius 1 is 0.346 bits per heavy atom. The van der Waals surface area contributed by atoms with E-state index in [2.05, 4.69) is 269 Å². The number of alkyl halides is 1. The van der Waals surface area contributed by atoms with E-state index in [4.69, 9.17) is 54.2 Å². The highest BCUT2D eigenvalue weighted by Crippen LogP contribution is 2.44. The van der Waals surface area contributed by atoms with E-state index >= 15 is 0 Å². The fourth-order valence-electron chi connectivity index (χ4n) is 18.0. The molecule has 0 aliphatic carbocycles. The quantitative estimate of drug-likeness (QED) is 0.0251. The van der Waals surface area contributed by atoms with Crippen LogP contribution in [0.4, 0.5) is 5.69 Å². The second-order valence-electron chi connectivity index (χ2n) is 34.1. The van der Waals surface area contributed by atoms with Crippen molar-refractivity contribution >= 4 is 39.1 Å². The van der Waals surface area contributed by atoms with Crippen LogP contribution in [0.1, 0.15) is 143 Å². The number of nitrogens with one attached hydrogen (secondary N) is 1. The van der Waals surface area contributed by atoms with Gasteiger partial charge >= 0.3 is 0 Å². The molecule has 0 bridgehead atoms. The molecular weight excluding hydrogens is 1640 g/mol. The number of halogens is 1. The number of hydrogen-bond acceptors (Lipinski definition) is 14. The van der Waals surface area contributed by atoms with Gasteiger partial charge in [0.2, 0.25) is 0 Å². The lowest BCUT2D eigenvalue weighted by atomic mass is 9.93. The largest absolute Gasteiger partial charge is 0.394 e. The third-order valence-corrected chi connectivity index (χ3v) is 25.7. The Morgan fingerprint density at radius 2 is 0.723 bits per heavy atom. The Kier molecular flexibility index (Phi) is 34.3. The molecule has 130 heavy (non-hydrogen) atoms. The first-order chi connectivity index (χ1) is 63.8. The van der Waals surface area contributed by atoms with Gasteiger partial charge in [0.25, 0.3) is 0 Å². The number of aliphatic hydroxyl groups excluding tert-OH is 4. The van der Waals surface area contributed by atoms with Crippen LogP contribution in [-0.4, -0.2) is 128 Å². The summed E-state index contributed by atoms with van der Waals surface area (Å²) in [4.78, 5) is 5.28. The molecule has 676 valence electrons. The summed E-state index contributed by atoms with van der Waals surface area (Å²) in [6.07, 6.45) is 2.78. The summed E-state index contributed by atoms with van der Waals surface area (Å²) in [6.45, 7) is 13.6. The minimum absolute atomic E-state index is 0.187. The van der Waals surface area contributed by atoms with E-state index < -0.39 is 67.4 Å². The number of H-pyrrole nitrogens is 1. The molecule has 3 fully saturated rings. The molecule has 6 heterocycles. The number of aryl methyl sites for hydroxylation is 3. The van der Waals surface area contributed by atoms with E-state index in [1.54, 1.807) is 0 Å². The van der Waals surface area contributed by atoms with Crippen LogP contribution in [0.25, 0.3) is 21.8 Å². The zero-order chi connectivity index (χ0) is 89.9. The zero-order valence-electron chi connectivity index (χ0n) is 75.1. The van der Waals surface area contributed by atoms with Gasteiger partial charge in [-0.05, 0) is 153 Å². The van der Waals surface area contributed by atoms with Crippen LogP contribution in [-0.2, 0) is 121 Å². The lowest BCUT2D eigenvalue weighted by Gasteiger charge is -2.46. The third-order valence-electron chi connectivity index (χ3n) is 25.3. The number of ether oxygens (including phenoxy) is 9. The monoisotopic (exact) mass is 1770 g/mol. The Bertz CT molecular complexity index is 5660. The second kappa shape index (κ2) is 47.4. The fraction of sp³-hybridized carbons (Fsp3) is 0.327. The minimum Gasteiger partial charge on any atom is -0.394 e. The van der Waals surface area contributed by atoms with Crippen LogP contribution in [0.15, 0.2) is 340 Å². The summed E-state index contributed by atoms with van der Waals surface area (Å²) in [5, 5.41) is 42.9. The van der Waals surface area contributed by atoms with Gasteiger partial charge in [-0.1, -0.05) is 356 Å². The van der Waals surface area contributed by atoms with Gasteiger partial charge in [0, 0.05) is 46.8 Å². The second-order valence-corrected chi connectivity index (χ2v) is 34.5. The molecule has 5 N–H and O–H groups in total. The van der Waals surface area contributed by atoms with Gasteiger partial charge in [-0.3, -0.25) is 0 Å². The summed E-state index contributed by atoms with van der Waals surface area (Å²) in [5.41, 5.74) is 21.0. The molecule has 2 aromatic heterocycles. The number of hydrogen-bond donors (Lipinski definition) is 5. The van der Waals surface area contributed by atoms with Crippen molar-refractivity contribution in [1.82, 2.24) is 9.55 Å². The molecule has 0 amide bonds. The number of rotatable bonds is 32. The zero-order valence-corrected chi connectivity index (χ0v) is 75.9. The lowest BCUT2D eigenvalue weighted by Crippen LogP contribution is -2.63. The van der Waals surface area contributed by atoms with Gasteiger partial charge in [-0.15, -0.1) is 0 Å². The predicted molar refractivity (Wildman–Crippen MR) is 516 cm³/mol. The number of aromatic nitrogens is 2. The van der Waals surface area contributed by atoms with Crippen molar-refractivity contribution in [2.45, 2.75) is 223 Å².